The van der Waals surface area contributed by atoms with Gasteiger partial charge in [0.05, 0.1) is 29.7 Å². The van der Waals surface area contributed by atoms with Crippen molar-refractivity contribution in [2.24, 2.45) is 12.1 Å². The van der Waals surface area contributed by atoms with Crippen LogP contribution >= 0.6 is 23.4 Å². The predicted octanol–water partition coefficient (Wildman–Crippen LogP) is 2.50. The van der Waals surface area contributed by atoms with Gasteiger partial charge >= 0.3 is 5.16 Å². The quantitative estimate of drug-likeness (QED) is 0.255. The Kier molecular flexibility index (Phi) is 6.10. The van der Waals surface area contributed by atoms with E-state index in [9.17, 15) is 9.90 Å². The lowest BCUT2D eigenvalue weighted by Crippen LogP contribution is -2.32. The summed E-state index contributed by atoms with van der Waals surface area (Å²) in [7, 11) is 1.86. The topological polar surface area (TPSA) is 94.2 Å². The molecule has 138 valence electrons. The Balaban J connectivity index is 1.56. The zero-order valence-electron chi connectivity index (χ0n) is 14.4. The maximum Gasteiger partial charge on any atom is 0.337 e. The molecule has 0 atom stereocenters. The number of carbonyl (C=O) groups is 1. The van der Waals surface area contributed by atoms with Gasteiger partial charge in [-0.05, 0) is 47.7 Å². The maximum atomic E-state index is 11.9. The molecular weight excluding hydrogens is 386 g/mol. The fourth-order valence-electron chi connectivity index (χ4n) is 2.32. The van der Waals surface area contributed by atoms with Crippen molar-refractivity contribution >= 4 is 35.5 Å². The van der Waals surface area contributed by atoms with Crippen molar-refractivity contribution in [3.05, 3.63) is 59.1 Å². The second kappa shape index (κ2) is 8.70. The van der Waals surface area contributed by atoms with Crippen LogP contribution in [0.15, 0.2) is 58.8 Å². The van der Waals surface area contributed by atoms with Crippen molar-refractivity contribution in [1.29, 1.82) is 0 Å². The minimum atomic E-state index is -0.260. The Morgan fingerprint density at radius 1 is 1.37 bits per heavy atom. The number of phenolic OH excluding ortho intramolecular Hbond substituents is 1. The third-order valence-corrected chi connectivity index (χ3v) is 4.85. The molecule has 0 saturated heterocycles. The molecule has 3 N–H and O–H groups in total. The van der Waals surface area contributed by atoms with E-state index < -0.39 is 0 Å². The summed E-state index contributed by atoms with van der Waals surface area (Å²) in [6.07, 6.45) is 1.47. The lowest BCUT2D eigenvalue weighted by Gasteiger charge is -1.99. The molecule has 0 fully saturated rings. The third kappa shape index (κ3) is 5.08. The van der Waals surface area contributed by atoms with Crippen LogP contribution in [0.5, 0.6) is 5.75 Å². The van der Waals surface area contributed by atoms with Crippen LogP contribution in [0.3, 0.4) is 0 Å². The Labute approximate surface area is 165 Å². The summed E-state index contributed by atoms with van der Waals surface area (Å²) in [4.78, 5) is 11.9. The van der Waals surface area contributed by atoms with Crippen molar-refractivity contribution in [3.8, 4) is 17.1 Å². The van der Waals surface area contributed by atoms with Crippen molar-refractivity contribution < 1.29 is 14.5 Å². The Morgan fingerprint density at radius 2 is 2.19 bits per heavy atom. The van der Waals surface area contributed by atoms with Crippen LogP contribution in [-0.2, 0) is 11.8 Å². The molecule has 0 saturated carbocycles. The molecule has 27 heavy (non-hydrogen) atoms. The number of amides is 1. The summed E-state index contributed by atoms with van der Waals surface area (Å²) in [5, 5.41) is 21.8. The van der Waals surface area contributed by atoms with Crippen LogP contribution in [0.4, 0.5) is 0 Å². The normalized spacial score (nSPS) is 11.0. The molecule has 0 aliphatic heterocycles. The number of aromatic hydroxyl groups is 1. The molecule has 3 rings (SSSR count). The van der Waals surface area contributed by atoms with E-state index in [1.165, 1.54) is 18.0 Å². The van der Waals surface area contributed by atoms with Gasteiger partial charge in [-0.3, -0.25) is 4.79 Å². The third-order valence-electron chi connectivity index (χ3n) is 3.58. The minimum Gasteiger partial charge on any atom is -0.508 e. The van der Waals surface area contributed by atoms with Crippen molar-refractivity contribution in [3.63, 3.8) is 0 Å². The molecule has 1 amide bonds. The van der Waals surface area contributed by atoms with E-state index in [0.717, 1.165) is 11.4 Å². The maximum absolute atomic E-state index is 11.9. The summed E-state index contributed by atoms with van der Waals surface area (Å²) in [6, 6.07) is 14.0. The molecule has 2 aromatic carbocycles. The lowest BCUT2D eigenvalue weighted by molar-refractivity contribution is -0.698. The SMILES string of the molecule is C[n+]1c(SCC(=O)N/N=C/c2cccc(O)c2)n[nH]c1-c1cccc(Cl)c1. The van der Waals surface area contributed by atoms with Gasteiger partial charge in [0, 0.05) is 5.02 Å². The molecule has 3 aromatic rings. The molecule has 0 aliphatic carbocycles. The van der Waals surface area contributed by atoms with Gasteiger partial charge in [-0.1, -0.05) is 29.8 Å². The van der Waals surface area contributed by atoms with E-state index in [1.54, 1.807) is 30.3 Å². The first-order chi connectivity index (χ1) is 13.0. The summed E-state index contributed by atoms with van der Waals surface area (Å²) in [5.41, 5.74) is 4.04. The Morgan fingerprint density at radius 3 is 2.96 bits per heavy atom. The highest BCUT2D eigenvalue weighted by molar-refractivity contribution is 7.99. The molecule has 0 spiro atoms. The Hall–Kier alpha value is -2.84. The van der Waals surface area contributed by atoms with Crippen LogP contribution in [0.1, 0.15) is 5.56 Å². The predicted molar refractivity (Wildman–Crippen MR) is 105 cm³/mol. The van der Waals surface area contributed by atoms with Gasteiger partial charge in [-0.2, -0.15) is 5.10 Å². The van der Waals surface area contributed by atoms with Gasteiger partial charge in [0.2, 0.25) is 0 Å². The molecule has 1 aromatic heterocycles. The van der Waals surface area contributed by atoms with Gasteiger partial charge in [0.25, 0.3) is 11.7 Å². The van der Waals surface area contributed by atoms with Gasteiger partial charge in [0.15, 0.2) is 0 Å². The number of aromatic nitrogens is 3. The number of carbonyl (C=O) groups excluding carboxylic acids is 1. The first-order valence-electron chi connectivity index (χ1n) is 7.97. The zero-order chi connectivity index (χ0) is 19.2. The Bertz CT molecular complexity index is 989. The van der Waals surface area contributed by atoms with Crippen molar-refractivity contribution in [2.45, 2.75) is 5.16 Å². The first-order valence-corrected chi connectivity index (χ1v) is 9.33. The average Bonchev–Trinajstić information content (AvgIpc) is 3.01. The van der Waals surface area contributed by atoms with Crippen LogP contribution in [0, 0.1) is 0 Å². The highest BCUT2D eigenvalue weighted by atomic mass is 35.5. The fourth-order valence-corrected chi connectivity index (χ4v) is 3.23. The molecule has 0 unspecified atom stereocenters. The number of hydrogen-bond acceptors (Lipinski definition) is 5. The van der Waals surface area contributed by atoms with Crippen LogP contribution in [0.2, 0.25) is 5.02 Å². The van der Waals surface area contributed by atoms with Crippen molar-refractivity contribution in [2.75, 3.05) is 5.75 Å². The number of benzene rings is 2. The number of hydrogen-bond donors (Lipinski definition) is 3. The largest absolute Gasteiger partial charge is 0.508 e. The summed E-state index contributed by atoms with van der Waals surface area (Å²) >= 11 is 7.31. The first kappa shape index (κ1) is 18.9. The molecular formula is C18H17ClN5O2S+. The molecule has 0 radical (unpaired) electrons. The molecule has 0 aliphatic rings. The smallest absolute Gasteiger partial charge is 0.337 e. The van der Waals surface area contributed by atoms with E-state index in [1.807, 2.05) is 29.8 Å². The van der Waals surface area contributed by atoms with Gasteiger partial charge in [-0.15, -0.1) is 5.10 Å². The minimum absolute atomic E-state index is 0.141. The number of hydrazone groups is 1. The van der Waals surface area contributed by atoms with Crippen LogP contribution < -0.4 is 9.99 Å². The van der Waals surface area contributed by atoms with E-state index >= 15 is 0 Å². The number of halogens is 1. The highest BCUT2D eigenvalue weighted by Gasteiger charge is 2.20. The van der Waals surface area contributed by atoms with Gasteiger partial charge in [0.1, 0.15) is 5.75 Å². The fraction of sp³-hybridized carbons (Fsp3) is 0.111. The summed E-state index contributed by atoms with van der Waals surface area (Å²) in [5.74, 6) is 0.832. The van der Waals surface area contributed by atoms with E-state index in [0.29, 0.717) is 15.7 Å². The monoisotopic (exact) mass is 402 g/mol. The highest BCUT2D eigenvalue weighted by Crippen LogP contribution is 2.20. The number of nitrogens with zero attached hydrogens (tertiary/aromatic N) is 3. The lowest BCUT2D eigenvalue weighted by atomic mass is 10.2. The van der Waals surface area contributed by atoms with E-state index in [4.69, 9.17) is 11.6 Å². The number of thioether (sulfide) groups is 1. The van der Waals surface area contributed by atoms with E-state index in [2.05, 4.69) is 20.7 Å². The zero-order valence-corrected chi connectivity index (χ0v) is 16.0. The summed E-state index contributed by atoms with van der Waals surface area (Å²) < 4.78 is 1.86. The average molecular weight is 403 g/mol. The van der Waals surface area contributed by atoms with Crippen LogP contribution in [0.25, 0.3) is 11.4 Å². The number of phenols is 1. The number of aromatic amines is 1. The molecule has 0 bridgehead atoms. The number of rotatable bonds is 6. The van der Waals surface area contributed by atoms with Gasteiger partial charge < -0.3 is 5.11 Å². The second-order valence-corrected chi connectivity index (χ2v) is 6.98. The van der Waals surface area contributed by atoms with Gasteiger partial charge in [-0.25, -0.2) is 9.99 Å². The van der Waals surface area contributed by atoms with Crippen LogP contribution in [-0.4, -0.2) is 33.2 Å². The standard InChI is InChI=1S/C18H16ClN5O2S/c1-24-17(13-5-3-6-14(19)9-13)22-23-18(24)27-11-16(26)21-20-10-12-4-2-7-15(25)8-12/h2-10H,11H2,1H3,(H2,21,25,26)/p+1/b20-10+. The number of H-pyrrole nitrogens is 1. The molecule has 9 heteroatoms. The second-order valence-electron chi connectivity index (χ2n) is 5.60. The van der Waals surface area contributed by atoms with Crippen molar-refractivity contribution in [1.82, 2.24) is 15.6 Å². The summed E-state index contributed by atoms with van der Waals surface area (Å²) in [6.45, 7) is 0. The number of nitrogens with one attached hydrogen (secondary N) is 2. The molecule has 7 nitrogen and oxygen atoms in total. The van der Waals surface area contributed by atoms with E-state index in [-0.39, 0.29) is 17.4 Å². The molecule has 1 heterocycles.